The van der Waals surface area contributed by atoms with Gasteiger partial charge in [-0.25, -0.2) is 4.39 Å². The smallest absolute Gasteiger partial charge is 0.494 e. The first-order valence-corrected chi connectivity index (χ1v) is 10.9. The number of unbranched alkanes of at least 4 members (excludes halogenated alkanes) is 1. The zero-order valence-corrected chi connectivity index (χ0v) is 18.3. The third-order valence-electron chi connectivity index (χ3n) is 5.67. The van der Waals surface area contributed by atoms with Gasteiger partial charge in [0.25, 0.3) is 5.91 Å². The predicted molar refractivity (Wildman–Crippen MR) is 116 cm³/mol. The molecule has 10 heteroatoms. The van der Waals surface area contributed by atoms with E-state index in [1.54, 1.807) is 12.1 Å². The molecule has 2 heterocycles. The van der Waals surface area contributed by atoms with Gasteiger partial charge in [0.1, 0.15) is 11.6 Å². The van der Waals surface area contributed by atoms with Gasteiger partial charge < -0.3 is 24.4 Å². The Morgan fingerprint density at radius 3 is 2.67 bits per heavy atom. The van der Waals surface area contributed by atoms with E-state index in [4.69, 9.17) is 9.47 Å². The lowest BCUT2D eigenvalue weighted by atomic mass is 10.2. The molecule has 2 aliphatic heterocycles. The highest BCUT2D eigenvalue weighted by molar-refractivity contribution is 5.94. The number of carbonyl (C=O) groups excluding carboxylic acids is 1. The van der Waals surface area contributed by atoms with E-state index in [0.29, 0.717) is 31.1 Å². The first-order chi connectivity index (χ1) is 15.9. The van der Waals surface area contributed by atoms with Gasteiger partial charge in [-0.15, -0.1) is 8.78 Å². The summed E-state index contributed by atoms with van der Waals surface area (Å²) in [5.74, 6) is -0.479. The molecule has 1 amide bonds. The second kappa shape index (κ2) is 9.78. The van der Waals surface area contributed by atoms with E-state index < -0.39 is 18.0 Å². The summed E-state index contributed by atoms with van der Waals surface area (Å²) in [6.07, 6.45) is -1.91. The van der Waals surface area contributed by atoms with E-state index in [9.17, 15) is 18.0 Å². The number of nitrogens with zero attached hydrogens (tertiary/aromatic N) is 2. The predicted octanol–water partition coefficient (Wildman–Crippen LogP) is 3.49. The quantitative estimate of drug-likeness (QED) is 0.603. The number of halogens is 3. The summed E-state index contributed by atoms with van der Waals surface area (Å²) < 4.78 is 55.5. The van der Waals surface area contributed by atoms with Crippen LogP contribution in [-0.4, -0.2) is 63.5 Å². The summed E-state index contributed by atoms with van der Waals surface area (Å²) in [6.45, 7) is 4.33. The monoisotopic (exact) mass is 465 g/mol. The maximum atomic E-state index is 13.7. The van der Waals surface area contributed by atoms with Gasteiger partial charge in [-0.2, -0.15) is 0 Å². The van der Waals surface area contributed by atoms with Gasteiger partial charge in [0.2, 0.25) is 0 Å². The zero-order valence-electron chi connectivity index (χ0n) is 18.3. The minimum atomic E-state index is -3.62. The van der Waals surface area contributed by atoms with Crippen molar-refractivity contribution in [1.29, 1.82) is 0 Å². The molecule has 0 unspecified atom stereocenters. The topological polar surface area (TPSA) is 63.3 Å². The molecular weight excluding hydrogens is 439 g/mol. The number of fused-ring (bicyclic) bond motifs is 1. The van der Waals surface area contributed by atoms with Crippen LogP contribution in [0, 0.1) is 5.82 Å². The molecule has 0 atom stereocenters. The van der Waals surface area contributed by atoms with Gasteiger partial charge in [0.15, 0.2) is 11.5 Å². The van der Waals surface area contributed by atoms with Crippen LogP contribution in [0.25, 0.3) is 0 Å². The van der Waals surface area contributed by atoms with Crippen molar-refractivity contribution in [2.45, 2.75) is 19.1 Å². The highest BCUT2D eigenvalue weighted by Gasteiger charge is 2.45. The van der Waals surface area contributed by atoms with E-state index in [1.165, 1.54) is 31.3 Å². The SMILES string of the molecule is CNC(=O)c1cc(OCCCCN2CCN(c3cccc4c3OC(F)(F)O4)CC2)ccc1F. The van der Waals surface area contributed by atoms with Gasteiger partial charge in [-0.1, -0.05) is 6.07 Å². The average molecular weight is 465 g/mol. The second-order valence-corrected chi connectivity index (χ2v) is 7.88. The van der Waals surface area contributed by atoms with Crippen LogP contribution < -0.4 is 24.4 Å². The average Bonchev–Trinajstić information content (AvgIpc) is 3.13. The molecule has 1 N–H and O–H groups in total. The molecule has 0 spiro atoms. The minimum absolute atomic E-state index is 0.0439. The van der Waals surface area contributed by atoms with Crippen LogP contribution >= 0.6 is 0 Å². The number of carbonyl (C=O) groups is 1. The molecule has 7 nitrogen and oxygen atoms in total. The molecule has 4 rings (SSSR count). The van der Waals surface area contributed by atoms with Gasteiger partial charge >= 0.3 is 6.29 Å². The number of hydrogen-bond acceptors (Lipinski definition) is 6. The molecular formula is C23H26F3N3O4. The first-order valence-electron chi connectivity index (χ1n) is 10.9. The van der Waals surface area contributed by atoms with Crippen LogP contribution in [0.1, 0.15) is 23.2 Å². The Bertz CT molecular complexity index is 997. The lowest BCUT2D eigenvalue weighted by Gasteiger charge is -2.36. The number of piperazine rings is 1. The van der Waals surface area contributed by atoms with Crippen LogP contribution in [0.3, 0.4) is 0 Å². The molecule has 0 bridgehead atoms. The largest absolute Gasteiger partial charge is 0.586 e. The van der Waals surface area contributed by atoms with E-state index in [0.717, 1.165) is 32.5 Å². The molecule has 0 aromatic heterocycles. The van der Waals surface area contributed by atoms with Crippen molar-refractivity contribution < 1.29 is 32.2 Å². The first kappa shape index (κ1) is 23.0. The Labute approximate surface area is 190 Å². The van der Waals surface area contributed by atoms with Gasteiger partial charge in [0.05, 0.1) is 17.9 Å². The number of para-hydroxylation sites is 1. The number of alkyl halides is 2. The fourth-order valence-electron chi connectivity index (χ4n) is 3.95. The molecule has 0 aliphatic carbocycles. The molecule has 1 saturated heterocycles. The van der Waals surface area contributed by atoms with E-state index in [-0.39, 0.29) is 17.1 Å². The standard InChI is InChI=1S/C23H26F3N3O4/c1-27-22(30)17-15-16(7-8-18(17)24)31-14-3-2-9-28-10-12-29(13-11-28)19-5-4-6-20-21(19)33-23(25,26)32-20/h4-8,15H,2-3,9-14H2,1H3,(H,27,30). The number of ether oxygens (including phenoxy) is 3. The number of benzene rings is 2. The summed E-state index contributed by atoms with van der Waals surface area (Å²) >= 11 is 0. The lowest BCUT2D eigenvalue weighted by Crippen LogP contribution is -2.46. The van der Waals surface area contributed by atoms with Crippen LogP contribution in [0.5, 0.6) is 17.2 Å². The van der Waals surface area contributed by atoms with Crippen molar-refractivity contribution >= 4 is 11.6 Å². The van der Waals surface area contributed by atoms with Crippen LogP contribution in [0.4, 0.5) is 18.9 Å². The highest BCUT2D eigenvalue weighted by atomic mass is 19.3. The van der Waals surface area contributed by atoms with Crippen molar-refractivity contribution in [3.05, 3.63) is 47.8 Å². The zero-order chi connectivity index (χ0) is 23.4. The van der Waals surface area contributed by atoms with Crippen molar-refractivity contribution in [2.75, 3.05) is 51.3 Å². The fourth-order valence-corrected chi connectivity index (χ4v) is 3.95. The van der Waals surface area contributed by atoms with Crippen molar-refractivity contribution in [1.82, 2.24) is 10.2 Å². The maximum Gasteiger partial charge on any atom is 0.586 e. The molecule has 33 heavy (non-hydrogen) atoms. The number of rotatable bonds is 8. The molecule has 0 saturated carbocycles. The normalized spacial score (nSPS) is 17.2. The third-order valence-corrected chi connectivity index (χ3v) is 5.67. The van der Waals surface area contributed by atoms with E-state index in [1.807, 2.05) is 4.90 Å². The Hall–Kier alpha value is -3.14. The van der Waals surface area contributed by atoms with Crippen molar-refractivity contribution in [3.63, 3.8) is 0 Å². The maximum absolute atomic E-state index is 13.7. The molecule has 2 aromatic rings. The molecule has 2 aliphatic rings. The molecule has 178 valence electrons. The Balaban J connectivity index is 1.19. The molecule has 0 radical (unpaired) electrons. The summed E-state index contributed by atoms with van der Waals surface area (Å²) in [7, 11) is 1.45. The van der Waals surface area contributed by atoms with Gasteiger partial charge in [-0.3, -0.25) is 9.69 Å². The van der Waals surface area contributed by atoms with Crippen molar-refractivity contribution in [2.24, 2.45) is 0 Å². The van der Waals surface area contributed by atoms with Crippen LogP contribution in [-0.2, 0) is 0 Å². The Morgan fingerprint density at radius 1 is 1.12 bits per heavy atom. The van der Waals surface area contributed by atoms with Gasteiger partial charge in [-0.05, 0) is 49.7 Å². The summed E-state index contributed by atoms with van der Waals surface area (Å²) in [5, 5.41) is 2.40. The molecule has 1 fully saturated rings. The lowest BCUT2D eigenvalue weighted by molar-refractivity contribution is -0.286. The summed E-state index contributed by atoms with van der Waals surface area (Å²) in [5.41, 5.74) is 0.575. The highest BCUT2D eigenvalue weighted by Crippen LogP contribution is 2.47. The third kappa shape index (κ3) is 5.44. The number of hydrogen-bond donors (Lipinski definition) is 1. The summed E-state index contributed by atoms with van der Waals surface area (Å²) in [4.78, 5) is 16.0. The fraction of sp³-hybridized carbons (Fsp3) is 0.435. The number of amides is 1. The summed E-state index contributed by atoms with van der Waals surface area (Å²) in [6, 6.07) is 9.05. The van der Waals surface area contributed by atoms with Crippen LogP contribution in [0.15, 0.2) is 36.4 Å². The van der Waals surface area contributed by atoms with Crippen molar-refractivity contribution in [3.8, 4) is 17.2 Å². The van der Waals surface area contributed by atoms with Crippen LogP contribution in [0.2, 0.25) is 0 Å². The molecule has 2 aromatic carbocycles. The van der Waals surface area contributed by atoms with E-state index >= 15 is 0 Å². The van der Waals surface area contributed by atoms with E-state index in [2.05, 4.69) is 15.0 Å². The second-order valence-electron chi connectivity index (χ2n) is 7.88. The Kier molecular flexibility index (Phi) is 6.83. The van der Waals surface area contributed by atoms with Gasteiger partial charge in [0, 0.05) is 33.2 Å². The minimum Gasteiger partial charge on any atom is -0.494 e. The number of nitrogens with one attached hydrogen (secondary N) is 1. The number of anilines is 1. The Morgan fingerprint density at radius 2 is 1.91 bits per heavy atom.